The maximum Gasteiger partial charge on any atom is 0.358 e. The van der Waals surface area contributed by atoms with Gasteiger partial charge in [0.15, 0.2) is 5.69 Å². The normalized spacial score (nSPS) is 10.6. The molecule has 0 aromatic carbocycles. The lowest BCUT2D eigenvalue weighted by molar-refractivity contribution is 0.0594. The number of hydrogen-bond acceptors (Lipinski definition) is 3. The molecule has 5 heteroatoms. The predicted molar refractivity (Wildman–Crippen MR) is 51.2 cm³/mol. The average Bonchev–Trinajstić information content (AvgIpc) is 2.55. The molecule has 0 unspecified atom stereocenters. The van der Waals surface area contributed by atoms with Crippen molar-refractivity contribution in [3.05, 3.63) is 35.5 Å². The van der Waals surface area contributed by atoms with Gasteiger partial charge in [-0.2, -0.15) is 0 Å². The Balaban J connectivity index is 2.69. The average molecular weight is 208 g/mol. The highest BCUT2D eigenvalue weighted by Crippen LogP contribution is 2.13. The van der Waals surface area contributed by atoms with E-state index >= 15 is 0 Å². The Bertz CT molecular complexity index is 533. The van der Waals surface area contributed by atoms with E-state index in [1.165, 1.54) is 29.8 Å². The first-order valence-corrected chi connectivity index (χ1v) is 4.36. The van der Waals surface area contributed by atoms with E-state index in [-0.39, 0.29) is 11.5 Å². The molecule has 2 aromatic rings. The number of aryl methyl sites for hydroxylation is 1. The standard InChI is InChI=1S/C10H9FN2O2/c1-6-9(10(14)15-2)12-8-4-3-7(11)5-13(6)8/h3-5H,1-2H3. The minimum atomic E-state index is -0.517. The van der Waals surface area contributed by atoms with Crippen LogP contribution < -0.4 is 0 Å². The van der Waals surface area contributed by atoms with E-state index in [0.717, 1.165) is 0 Å². The summed E-state index contributed by atoms with van der Waals surface area (Å²) in [6, 6.07) is 2.80. The Morgan fingerprint density at radius 1 is 1.53 bits per heavy atom. The lowest BCUT2D eigenvalue weighted by atomic mass is 10.3. The van der Waals surface area contributed by atoms with Crippen molar-refractivity contribution >= 4 is 11.6 Å². The summed E-state index contributed by atoms with van der Waals surface area (Å²) >= 11 is 0. The van der Waals surface area contributed by atoms with Crippen LogP contribution in [0.2, 0.25) is 0 Å². The molecule has 0 aliphatic heterocycles. The summed E-state index contributed by atoms with van der Waals surface area (Å²) in [6.45, 7) is 1.69. The Labute approximate surface area is 85.3 Å². The Hall–Kier alpha value is -1.91. The number of fused-ring (bicyclic) bond motifs is 1. The maximum absolute atomic E-state index is 12.9. The lowest BCUT2D eigenvalue weighted by Gasteiger charge is -1.96. The monoisotopic (exact) mass is 208 g/mol. The molecule has 15 heavy (non-hydrogen) atoms. The van der Waals surface area contributed by atoms with Crippen molar-refractivity contribution in [2.45, 2.75) is 6.92 Å². The SMILES string of the molecule is COC(=O)c1nc2ccc(F)cn2c1C. The molecule has 0 N–H and O–H groups in total. The molecule has 78 valence electrons. The van der Waals surface area contributed by atoms with Crippen LogP contribution in [0, 0.1) is 12.7 Å². The molecule has 0 atom stereocenters. The highest BCUT2D eigenvalue weighted by molar-refractivity contribution is 5.89. The van der Waals surface area contributed by atoms with E-state index in [4.69, 9.17) is 0 Å². The number of esters is 1. The fraction of sp³-hybridized carbons (Fsp3) is 0.200. The first kappa shape index (κ1) is 9.64. The van der Waals surface area contributed by atoms with E-state index in [0.29, 0.717) is 11.3 Å². The third kappa shape index (κ3) is 1.45. The number of imidazole rings is 1. The fourth-order valence-corrected chi connectivity index (χ4v) is 1.43. The minimum Gasteiger partial charge on any atom is -0.464 e. The molecule has 4 nitrogen and oxygen atoms in total. The second kappa shape index (κ2) is 3.34. The Morgan fingerprint density at radius 2 is 2.27 bits per heavy atom. The fourth-order valence-electron chi connectivity index (χ4n) is 1.43. The van der Waals surface area contributed by atoms with Crippen molar-refractivity contribution in [2.75, 3.05) is 7.11 Å². The highest BCUT2D eigenvalue weighted by Gasteiger charge is 2.16. The predicted octanol–water partition coefficient (Wildman–Crippen LogP) is 1.57. The van der Waals surface area contributed by atoms with Crippen molar-refractivity contribution < 1.29 is 13.9 Å². The van der Waals surface area contributed by atoms with Crippen molar-refractivity contribution in [1.82, 2.24) is 9.38 Å². The number of pyridine rings is 1. The molecule has 0 saturated carbocycles. The highest BCUT2D eigenvalue weighted by atomic mass is 19.1. The van der Waals surface area contributed by atoms with Crippen LogP contribution in [0.15, 0.2) is 18.3 Å². The van der Waals surface area contributed by atoms with Gasteiger partial charge < -0.3 is 9.14 Å². The molecular formula is C10H9FN2O2. The molecule has 0 spiro atoms. The van der Waals surface area contributed by atoms with Crippen LogP contribution in [0.5, 0.6) is 0 Å². The summed E-state index contributed by atoms with van der Waals surface area (Å²) in [6.07, 6.45) is 1.28. The molecule has 0 fully saturated rings. The van der Waals surface area contributed by atoms with Crippen molar-refractivity contribution in [1.29, 1.82) is 0 Å². The molecule has 0 saturated heterocycles. The largest absolute Gasteiger partial charge is 0.464 e. The number of ether oxygens (including phenoxy) is 1. The summed E-state index contributed by atoms with van der Waals surface area (Å²) in [5, 5.41) is 0. The zero-order valence-corrected chi connectivity index (χ0v) is 8.32. The Morgan fingerprint density at radius 3 is 2.93 bits per heavy atom. The Kier molecular flexibility index (Phi) is 2.15. The number of rotatable bonds is 1. The van der Waals surface area contributed by atoms with Crippen LogP contribution in [0.25, 0.3) is 5.65 Å². The van der Waals surface area contributed by atoms with Gasteiger partial charge in [-0.1, -0.05) is 0 Å². The van der Waals surface area contributed by atoms with Crippen LogP contribution >= 0.6 is 0 Å². The molecule has 2 aromatic heterocycles. The first-order valence-electron chi connectivity index (χ1n) is 4.36. The zero-order chi connectivity index (χ0) is 11.0. The topological polar surface area (TPSA) is 43.6 Å². The summed E-state index contributed by atoms with van der Waals surface area (Å²) in [7, 11) is 1.28. The number of hydrogen-bond donors (Lipinski definition) is 0. The van der Waals surface area contributed by atoms with Crippen molar-refractivity contribution in [2.24, 2.45) is 0 Å². The van der Waals surface area contributed by atoms with Crippen LogP contribution in [0.3, 0.4) is 0 Å². The molecule has 0 bridgehead atoms. The van der Waals surface area contributed by atoms with Gasteiger partial charge in [0.25, 0.3) is 0 Å². The number of carbonyl (C=O) groups excluding carboxylic acids is 1. The van der Waals surface area contributed by atoms with Crippen LogP contribution in [0.4, 0.5) is 4.39 Å². The number of carbonyl (C=O) groups is 1. The summed E-state index contributed by atoms with van der Waals surface area (Å²) in [5.74, 6) is -0.893. The van der Waals surface area contributed by atoms with Gasteiger partial charge in [0.1, 0.15) is 11.5 Å². The molecule has 0 amide bonds. The lowest BCUT2D eigenvalue weighted by Crippen LogP contribution is -2.03. The van der Waals surface area contributed by atoms with Gasteiger partial charge in [-0.05, 0) is 19.1 Å². The molecule has 2 rings (SSSR count). The van der Waals surface area contributed by atoms with Crippen molar-refractivity contribution in [3.8, 4) is 0 Å². The summed E-state index contributed by atoms with van der Waals surface area (Å²) in [5.41, 5.74) is 1.30. The van der Waals surface area contributed by atoms with E-state index in [9.17, 15) is 9.18 Å². The zero-order valence-electron chi connectivity index (χ0n) is 8.32. The smallest absolute Gasteiger partial charge is 0.358 e. The third-order valence-corrected chi connectivity index (χ3v) is 2.20. The third-order valence-electron chi connectivity index (χ3n) is 2.20. The van der Waals surface area contributed by atoms with Crippen molar-refractivity contribution in [3.63, 3.8) is 0 Å². The van der Waals surface area contributed by atoms with E-state index < -0.39 is 5.97 Å². The van der Waals surface area contributed by atoms with Gasteiger partial charge >= 0.3 is 5.97 Å². The number of nitrogens with zero attached hydrogens (tertiary/aromatic N) is 2. The minimum absolute atomic E-state index is 0.211. The molecule has 2 heterocycles. The maximum atomic E-state index is 12.9. The van der Waals surface area contributed by atoms with Gasteiger partial charge in [-0.25, -0.2) is 14.2 Å². The van der Waals surface area contributed by atoms with Crippen LogP contribution in [-0.2, 0) is 4.74 Å². The summed E-state index contributed by atoms with van der Waals surface area (Å²) < 4.78 is 19.0. The molecular weight excluding hydrogens is 199 g/mol. The molecule has 0 radical (unpaired) electrons. The quantitative estimate of drug-likeness (QED) is 0.668. The van der Waals surface area contributed by atoms with Gasteiger partial charge in [0.05, 0.1) is 12.8 Å². The number of methoxy groups -OCH3 is 1. The van der Waals surface area contributed by atoms with Crippen LogP contribution in [0.1, 0.15) is 16.2 Å². The second-order valence-corrected chi connectivity index (χ2v) is 3.11. The van der Waals surface area contributed by atoms with Gasteiger partial charge in [-0.3, -0.25) is 0 Å². The number of halogens is 1. The summed E-state index contributed by atoms with van der Waals surface area (Å²) in [4.78, 5) is 15.3. The van der Waals surface area contributed by atoms with E-state index in [2.05, 4.69) is 9.72 Å². The van der Waals surface area contributed by atoms with E-state index in [1.54, 1.807) is 6.92 Å². The second-order valence-electron chi connectivity index (χ2n) is 3.11. The number of aromatic nitrogens is 2. The molecule has 0 aliphatic rings. The first-order chi connectivity index (χ1) is 7.13. The van der Waals surface area contributed by atoms with Gasteiger partial charge in [-0.15, -0.1) is 0 Å². The molecule has 0 aliphatic carbocycles. The van der Waals surface area contributed by atoms with Crippen LogP contribution in [-0.4, -0.2) is 22.5 Å². The van der Waals surface area contributed by atoms with E-state index in [1.807, 2.05) is 0 Å². The van der Waals surface area contributed by atoms with Gasteiger partial charge in [0.2, 0.25) is 0 Å². The van der Waals surface area contributed by atoms with Gasteiger partial charge in [0, 0.05) is 6.20 Å².